The lowest BCUT2D eigenvalue weighted by atomic mass is 10.1. The van der Waals surface area contributed by atoms with Gasteiger partial charge < -0.3 is 19.3 Å². The normalized spacial score (nSPS) is 13.9. The highest BCUT2D eigenvalue weighted by atomic mass is 19.2. The molecule has 0 heterocycles. The Morgan fingerprint density at radius 2 is 1.36 bits per heavy atom. The van der Waals surface area contributed by atoms with Gasteiger partial charge in [-0.25, -0.2) is 23.2 Å². The first-order valence-corrected chi connectivity index (χ1v) is 8.68. The van der Waals surface area contributed by atoms with E-state index in [0.717, 1.165) is 0 Å². The second-order valence-corrected chi connectivity index (χ2v) is 7.77. The lowest BCUT2D eigenvalue weighted by Crippen LogP contribution is -2.52. The maximum atomic E-state index is 14.0. The summed E-state index contributed by atoms with van der Waals surface area (Å²) in [5.74, 6) is -4.22. The summed E-state index contributed by atoms with van der Waals surface area (Å²) in [6.45, 7) is 9.17. The zero-order valence-electron chi connectivity index (χ0n) is 17.3. The number of aliphatic hydroxyl groups excluding tert-OH is 1. The summed E-state index contributed by atoms with van der Waals surface area (Å²) in [6, 6.07) is -1.90. The molecule has 0 bridgehead atoms. The lowest BCUT2D eigenvalue weighted by Gasteiger charge is -2.32. The Kier molecular flexibility index (Phi) is 9.53. The van der Waals surface area contributed by atoms with Gasteiger partial charge in [-0.1, -0.05) is 0 Å². The van der Waals surface area contributed by atoms with Crippen LogP contribution >= 0.6 is 0 Å². The molecule has 0 aromatic rings. The van der Waals surface area contributed by atoms with Gasteiger partial charge in [-0.05, 0) is 48.5 Å². The van der Waals surface area contributed by atoms with E-state index in [-0.39, 0.29) is 11.5 Å². The van der Waals surface area contributed by atoms with Crippen molar-refractivity contribution in [3.8, 4) is 0 Å². The number of carbonyl (C=O) groups is 3. The summed E-state index contributed by atoms with van der Waals surface area (Å²) in [5, 5.41) is 8.74. The monoisotopic (exact) mass is 409 g/mol. The SMILES string of the molecule is CCOC(=O)C(C/C(F)=C(\F)CO)N(C(=O)OC(C)(C)C)C(=O)OC(C)(C)C. The number of amides is 2. The predicted molar refractivity (Wildman–Crippen MR) is 95.7 cm³/mol. The van der Waals surface area contributed by atoms with Crippen molar-refractivity contribution in [3.05, 3.63) is 11.7 Å². The first-order chi connectivity index (χ1) is 12.6. The van der Waals surface area contributed by atoms with Crippen molar-refractivity contribution in [2.75, 3.05) is 13.2 Å². The van der Waals surface area contributed by atoms with E-state index in [1.165, 1.54) is 48.5 Å². The smallest absolute Gasteiger partial charge is 0.420 e. The van der Waals surface area contributed by atoms with Crippen LogP contribution in [0.5, 0.6) is 0 Å². The molecule has 0 fully saturated rings. The van der Waals surface area contributed by atoms with Crippen molar-refractivity contribution in [1.82, 2.24) is 4.90 Å². The molecule has 1 unspecified atom stereocenters. The molecule has 162 valence electrons. The van der Waals surface area contributed by atoms with Crippen molar-refractivity contribution in [3.63, 3.8) is 0 Å². The quantitative estimate of drug-likeness (QED) is 0.528. The highest BCUT2D eigenvalue weighted by molar-refractivity contribution is 5.94. The fourth-order valence-electron chi connectivity index (χ4n) is 1.84. The van der Waals surface area contributed by atoms with E-state index in [4.69, 9.17) is 19.3 Å². The van der Waals surface area contributed by atoms with Gasteiger partial charge in [-0.2, -0.15) is 4.90 Å². The Morgan fingerprint density at radius 3 is 1.68 bits per heavy atom. The van der Waals surface area contributed by atoms with Crippen molar-refractivity contribution >= 4 is 18.2 Å². The third-order valence-corrected chi connectivity index (χ3v) is 2.86. The van der Waals surface area contributed by atoms with E-state index in [0.29, 0.717) is 0 Å². The summed E-state index contributed by atoms with van der Waals surface area (Å²) in [7, 11) is 0. The van der Waals surface area contributed by atoms with Crippen LogP contribution in [-0.4, -0.2) is 58.6 Å². The number of hydrogen-bond donors (Lipinski definition) is 1. The highest BCUT2D eigenvalue weighted by Crippen LogP contribution is 2.23. The molecule has 0 aromatic carbocycles. The number of hydrogen-bond acceptors (Lipinski definition) is 7. The minimum Gasteiger partial charge on any atom is -0.464 e. The summed E-state index contributed by atoms with van der Waals surface area (Å²) in [5.41, 5.74) is -2.11. The third-order valence-electron chi connectivity index (χ3n) is 2.86. The molecule has 0 aliphatic rings. The van der Waals surface area contributed by atoms with Gasteiger partial charge in [0.1, 0.15) is 17.0 Å². The van der Waals surface area contributed by atoms with Crippen LogP contribution in [0.2, 0.25) is 0 Å². The minimum atomic E-state index is -1.90. The number of aliphatic hydroxyl groups is 1. The van der Waals surface area contributed by atoms with Gasteiger partial charge in [0.05, 0.1) is 13.2 Å². The Balaban J connectivity index is 6.15. The zero-order chi connectivity index (χ0) is 22.3. The maximum Gasteiger partial charge on any atom is 0.420 e. The standard InChI is InChI=1S/C18H29F2NO7/c1-8-26-14(23)13(9-11(19)12(20)10-22)21(15(24)27-17(2,3)4)16(25)28-18(5,6)7/h13,22H,8-10H2,1-7H3/b12-11+. The molecule has 0 spiro atoms. The Bertz CT molecular complexity index is 578. The molecule has 0 aromatic heterocycles. The van der Waals surface area contributed by atoms with E-state index in [1.807, 2.05) is 0 Å². The molecule has 0 saturated carbocycles. The Labute approximate surface area is 163 Å². The van der Waals surface area contributed by atoms with Crippen molar-refractivity contribution in [2.24, 2.45) is 0 Å². The fourth-order valence-corrected chi connectivity index (χ4v) is 1.84. The van der Waals surface area contributed by atoms with Gasteiger partial charge in [-0.3, -0.25) is 0 Å². The molecule has 1 N–H and O–H groups in total. The average molecular weight is 409 g/mol. The molecule has 2 amide bonds. The fraction of sp³-hybridized carbons (Fsp3) is 0.722. The largest absolute Gasteiger partial charge is 0.464 e. The molecule has 28 heavy (non-hydrogen) atoms. The van der Waals surface area contributed by atoms with Gasteiger partial charge in [0.2, 0.25) is 0 Å². The number of halogens is 2. The van der Waals surface area contributed by atoms with Crippen LogP contribution in [0.25, 0.3) is 0 Å². The van der Waals surface area contributed by atoms with E-state index in [9.17, 15) is 23.2 Å². The van der Waals surface area contributed by atoms with Gasteiger partial charge in [-0.15, -0.1) is 0 Å². The van der Waals surface area contributed by atoms with E-state index in [2.05, 4.69) is 0 Å². The zero-order valence-corrected chi connectivity index (χ0v) is 17.3. The summed E-state index contributed by atoms with van der Waals surface area (Å²) in [6.07, 6.45) is -3.64. The minimum absolute atomic E-state index is 0.139. The van der Waals surface area contributed by atoms with E-state index >= 15 is 0 Å². The molecule has 8 nitrogen and oxygen atoms in total. The Morgan fingerprint density at radius 1 is 0.929 bits per heavy atom. The third kappa shape index (κ3) is 9.12. The molecule has 0 rings (SSSR count). The Hall–Kier alpha value is -2.23. The molecule has 1 atom stereocenters. The molecule has 0 saturated heterocycles. The van der Waals surface area contributed by atoms with Crippen LogP contribution < -0.4 is 0 Å². The van der Waals surface area contributed by atoms with Crippen molar-refractivity contribution in [1.29, 1.82) is 0 Å². The average Bonchev–Trinajstić information content (AvgIpc) is 2.49. The molecular weight excluding hydrogens is 380 g/mol. The van der Waals surface area contributed by atoms with Gasteiger partial charge in [0.25, 0.3) is 0 Å². The van der Waals surface area contributed by atoms with E-state index < -0.39 is 60.1 Å². The molecule has 0 aliphatic carbocycles. The summed E-state index contributed by atoms with van der Waals surface area (Å²) < 4.78 is 42.4. The van der Waals surface area contributed by atoms with Crippen LogP contribution in [0.1, 0.15) is 54.9 Å². The number of imide groups is 1. The van der Waals surface area contributed by atoms with Crippen molar-refractivity contribution in [2.45, 2.75) is 72.1 Å². The van der Waals surface area contributed by atoms with Crippen molar-refractivity contribution < 1.29 is 42.5 Å². The number of ether oxygens (including phenoxy) is 3. The molecule has 0 aliphatic heterocycles. The number of esters is 1. The lowest BCUT2D eigenvalue weighted by molar-refractivity contribution is -0.149. The van der Waals surface area contributed by atoms with Crippen LogP contribution in [0.4, 0.5) is 18.4 Å². The number of rotatable bonds is 6. The van der Waals surface area contributed by atoms with E-state index in [1.54, 1.807) is 0 Å². The molecule has 10 heteroatoms. The van der Waals surface area contributed by atoms with Gasteiger partial charge in [0.15, 0.2) is 11.9 Å². The van der Waals surface area contributed by atoms with Crippen LogP contribution in [0, 0.1) is 0 Å². The highest BCUT2D eigenvalue weighted by Gasteiger charge is 2.42. The summed E-state index contributed by atoms with van der Waals surface area (Å²) in [4.78, 5) is 37.7. The van der Waals surface area contributed by atoms with Crippen LogP contribution in [0.3, 0.4) is 0 Å². The second kappa shape index (κ2) is 10.4. The second-order valence-electron chi connectivity index (χ2n) is 7.77. The maximum absolute atomic E-state index is 14.0. The first-order valence-electron chi connectivity index (χ1n) is 8.68. The number of nitrogens with zero attached hydrogens (tertiary/aromatic N) is 1. The van der Waals surface area contributed by atoms with Gasteiger partial charge in [0, 0.05) is 6.42 Å². The first kappa shape index (κ1) is 25.8. The number of carbonyl (C=O) groups excluding carboxylic acids is 3. The molecular formula is C18H29F2NO7. The van der Waals surface area contributed by atoms with Crippen LogP contribution in [-0.2, 0) is 19.0 Å². The van der Waals surface area contributed by atoms with Gasteiger partial charge >= 0.3 is 18.2 Å². The summed E-state index contributed by atoms with van der Waals surface area (Å²) >= 11 is 0. The van der Waals surface area contributed by atoms with Crippen LogP contribution in [0.15, 0.2) is 11.7 Å². The predicted octanol–water partition coefficient (Wildman–Crippen LogP) is 3.62. The topological polar surface area (TPSA) is 102 Å². The molecule has 0 radical (unpaired) electrons.